The predicted octanol–water partition coefficient (Wildman–Crippen LogP) is 4.10. The molecule has 6 heteroatoms. The molecule has 2 amide bonds. The Kier molecular flexibility index (Phi) is 9.38. The van der Waals surface area contributed by atoms with Crippen LogP contribution in [-0.4, -0.2) is 42.5 Å². The highest BCUT2D eigenvalue weighted by molar-refractivity contribution is 5.87. The first-order valence-corrected chi connectivity index (χ1v) is 10.7. The van der Waals surface area contributed by atoms with Crippen LogP contribution in [0.5, 0.6) is 11.5 Å². The topological polar surface area (TPSA) is 67.9 Å². The molecule has 168 valence electrons. The summed E-state index contributed by atoms with van der Waals surface area (Å²) in [7, 11) is 1.62. The molecule has 0 bridgehead atoms. The first-order chi connectivity index (χ1) is 14.8. The van der Waals surface area contributed by atoms with Gasteiger partial charge in [0.15, 0.2) is 0 Å². The molecule has 2 rings (SSSR count). The van der Waals surface area contributed by atoms with E-state index < -0.39 is 6.04 Å². The average Bonchev–Trinajstić information content (AvgIpc) is 2.75. The number of rotatable bonds is 11. The number of aryl methyl sites for hydroxylation is 1. The van der Waals surface area contributed by atoms with Crippen molar-refractivity contribution < 1.29 is 19.1 Å². The maximum absolute atomic E-state index is 13.1. The number of carbonyl (C=O) groups excluding carboxylic acids is 2. The van der Waals surface area contributed by atoms with Crippen LogP contribution in [0.2, 0.25) is 0 Å². The van der Waals surface area contributed by atoms with E-state index in [0.717, 1.165) is 22.6 Å². The van der Waals surface area contributed by atoms with Crippen molar-refractivity contribution in [1.29, 1.82) is 0 Å². The lowest BCUT2D eigenvalue weighted by atomic mass is 10.1. The fourth-order valence-electron chi connectivity index (χ4n) is 3.19. The Morgan fingerprint density at radius 2 is 1.65 bits per heavy atom. The maximum atomic E-state index is 13.1. The molecule has 0 aromatic heterocycles. The summed E-state index contributed by atoms with van der Waals surface area (Å²) in [6.45, 7) is 8.44. The van der Waals surface area contributed by atoms with Gasteiger partial charge < -0.3 is 19.7 Å². The Bertz CT molecular complexity index is 849. The largest absolute Gasteiger partial charge is 0.497 e. The van der Waals surface area contributed by atoms with Gasteiger partial charge >= 0.3 is 0 Å². The molecule has 2 aromatic rings. The van der Waals surface area contributed by atoms with Crippen LogP contribution in [0.1, 0.15) is 44.7 Å². The second-order valence-corrected chi connectivity index (χ2v) is 7.91. The Labute approximate surface area is 185 Å². The Morgan fingerprint density at radius 1 is 1.00 bits per heavy atom. The molecule has 1 atom stereocenters. The van der Waals surface area contributed by atoms with Gasteiger partial charge in [0.25, 0.3) is 0 Å². The molecule has 2 aromatic carbocycles. The van der Waals surface area contributed by atoms with Gasteiger partial charge in [-0.15, -0.1) is 0 Å². The van der Waals surface area contributed by atoms with Crippen molar-refractivity contribution in [3.63, 3.8) is 0 Å². The highest BCUT2D eigenvalue weighted by Gasteiger charge is 2.26. The summed E-state index contributed by atoms with van der Waals surface area (Å²) in [4.78, 5) is 27.3. The molecule has 0 aliphatic heterocycles. The normalized spacial score (nSPS) is 11.7. The molecule has 0 aliphatic carbocycles. The van der Waals surface area contributed by atoms with Crippen LogP contribution in [0, 0.1) is 6.92 Å². The standard InChI is InChI=1S/C25H34N2O4/c1-18(2)26-25(29)20(4)27(17-21-10-7-6-9-19(21)3)24(28)11-8-16-31-23-14-12-22(30-5)13-15-23/h6-7,9-10,12-15,18,20H,8,11,16-17H2,1-5H3,(H,26,29)/t20-/m0/s1. The zero-order chi connectivity index (χ0) is 22.8. The molecular formula is C25H34N2O4. The molecule has 6 nitrogen and oxygen atoms in total. The third-order valence-electron chi connectivity index (χ3n) is 5.06. The van der Waals surface area contributed by atoms with E-state index in [-0.39, 0.29) is 17.9 Å². The number of hydrogen-bond donors (Lipinski definition) is 1. The summed E-state index contributed by atoms with van der Waals surface area (Å²) >= 11 is 0. The van der Waals surface area contributed by atoms with E-state index >= 15 is 0 Å². The molecule has 0 heterocycles. The van der Waals surface area contributed by atoms with E-state index in [4.69, 9.17) is 9.47 Å². The van der Waals surface area contributed by atoms with Crippen molar-refractivity contribution in [2.75, 3.05) is 13.7 Å². The number of nitrogens with zero attached hydrogens (tertiary/aromatic N) is 1. The molecule has 0 saturated carbocycles. The summed E-state index contributed by atoms with van der Waals surface area (Å²) < 4.78 is 10.9. The monoisotopic (exact) mass is 426 g/mol. The summed E-state index contributed by atoms with van der Waals surface area (Å²) in [5, 5.41) is 2.91. The molecule has 0 fully saturated rings. The lowest BCUT2D eigenvalue weighted by Gasteiger charge is -2.30. The SMILES string of the molecule is COc1ccc(OCCCC(=O)N(Cc2ccccc2C)[C@@H](C)C(=O)NC(C)C)cc1. The van der Waals surface area contributed by atoms with Crippen LogP contribution in [0.25, 0.3) is 0 Å². The van der Waals surface area contributed by atoms with Crippen molar-refractivity contribution in [3.8, 4) is 11.5 Å². The van der Waals surface area contributed by atoms with Gasteiger partial charge in [-0.05, 0) is 69.5 Å². The molecule has 0 radical (unpaired) electrons. The average molecular weight is 427 g/mol. The van der Waals surface area contributed by atoms with Gasteiger partial charge in [-0.2, -0.15) is 0 Å². The highest BCUT2D eigenvalue weighted by Crippen LogP contribution is 2.18. The van der Waals surface area contributed by atoms with Crippen LogP contribution in [0.15, 0.2) is 48.5 Å². The quantitative estimate of drug-likeness (QED) is 0.549. The van der Waals surface area contributed by atoms with Gasteiger partial charge in [0.2, 0.25) is 11.8 Å². The Balaban J connectivity index is 1.99. The van der Waals surface area contributed by atoms with Crippen molar-refractivity contribution in [1.82, 2.24) is 10.2 Å². The lowest BCUT2D eigenvalue weighted by molar-refractivity contribution is -0.141. The number of benzene rings is 2. The minimum Gasteiger partial charge on any atom is -0.497 e. The van der Waals surface area contributed by atoms with E-state index in [1.54, 1.807) is 18.9 Å². The predicted molar refractivity (Wildman–Crippen MR) is 122 cm³/mol. The fraction of sp³-hybridized carbons (Fsp3) is 0.440. The summed E-state index contributed by atoms with van der Waals surface area (Å²) in [5.41, 5.74) is 2.13. The van der Waals surface area contributed by atoms with E-state index in [2.05, 4.69) is 5.32 Å². The van der Waals surface area contributed by atoms with Crippen molar-refractivity contribution in [2.24, 2.45) is 0 Å². The summed E-state index contributed by atoms with van der Waals surface area (Å²) in [6.07, 6.45) is 0.870. The van der Waals surface area contributed by atoms with Gasteiger partial charge in [-0.3, -0.25) is 9.59 Å². The van der Waals surface area contributed by atoms with Gasteiger partial charge in [0, 0.05) is 19.0 Å². The lowest BCUT2D eigenvalue weighted by Crippen LogP contribution is -2.49. The summed E-state index contributed by atoms with van der Waals surface area (Å²) in [6, 6.07) is 14.7. The van der Waals surface area contributed by atoms with E-state index in [1.165, 1.54) is 0 Å². The van der Waals surface area contributed by atoms with Crippen LogP contribution in [0.3, 0.4) is 0 Å². The number of methoxy groups -OCH3 is 1. The number of carbonyl (C=O) groups is 2. The highest BCUT2D eigenvalue weighted by atomic mass is 16.5. The third kappa shape index (κ3) is 7.63. The fourth-order valence-corrected chi connectivity index (χ4v) is 3.19. The molecule has 1 N–H and O–H groups in total. The van der Waals surface area contributed by atoms with Crippen LogP contribution >= 0.6 is 0 Å². The second kappa shape index (κ2) is 12.0. The van der Waals surface area contributed by atoms with E-state index in [0.29, 0.717) is 26.0 Å². The molecular weight excluding hydrogens is 392 g/mol. The molecule has 0 spiro atoms. The van der Waals surface area contributed by atoms with Crippen LogP contribution in [-0.2, 0) is 16.1 Å². The van der Waals surface area contributed by atoms with Gasteiger partial charge in [0.1, 0.15) is 17.5 Å². The van der Waals surface area contributed by atoms with Gasteiger partial charge in [-0.1, -0.05) is 24.3 Å². The number of nitrogens with one attached hydrogen (secondary N) is 1. The van der Waals surface area contributed by atoms with E-state index in [1.807, 2.05) is 69.3 Å². The van der Waals surface area contributed by atoms with Crippen LogP contribution < -0.4 is 14.8 Å². The van der Waals surface area contributed by atoms with Crippen LogP contribution in [0.4, 0.5) is 0 Å². The number of ether oxygens (including phenoxy) is 2. The molecule has 0 aliphatic rings. The minimum absolute atomic E-state index is 0.0169. The zero-order valence-electron chi connectivity index (χ0n) is 19.2. The Morgan fingerprint density at radius 3 is 2.26 bits per heavy atom. The van der Waals surface area contributed by atoms with Crippen molar-refractivity contribution in [3.05, 3.63) is 59.7 Å². The Hall–Kier alpha value is -3.02. The molecule has 0 unspecified atom stereocenters. The number of hydrogen-bond acceptors (Lipinski definition) is 4. The van der Waals surface area contributed by atoms with Crippen molar-refractivity contribution in [2.45, 2.75) is 59.2 Å². The molecule has 0 saturated heterocycles. The van der Waals surface area contributed by atoms with Gasteiger partial charge in [0.05, 0.1) is 13.7 Å². The van der Waals surface area contributed by atoms with Crippen molar-refractivity contribution >= 4 is 11.8 Å². The number of amides is 2. The van der Waals surface area contributed by atoms with Gasteiger partial charge in [-0.25, -0.2) is 0 Å². The smallest absolute Gasteiger partial charge is 0.242 e. The first kappa shape index (κ1) is 24.3. The first-order valence-electron chi connectivity index (χ1n) is 10.7. The molecule has 31 heavy (non-hydrogen) atoms. The van der Waals surface area contributed by atoms with E-state index in [9.17, 15) is 9.59 Å². The summed E-state index contributed by atoms with van der Waals surface area (Å²) in [5.74, 6) is 1.29. The minimum atomic E-state index is -0.558. The zero-order valence-corrected chi connectivity index (χ0v) is 19.2. The maximum Gasteiger partial charge on any atom is 0.242 e. The second-order valence-electron chi connectivity index (χ2n) is 7.91. The third-order valence-corrected chi connectivity index (χ3v) is 5.06.